The van der Waals surface area contributed by atoms with E-state index in [9.17, 15) is 0 Å². The van der Waals surface area contributed by atoms with Gasteiger partial charge in [0.1, 0.15) is 0 Å². The molecule has 0 aromatic carbocycles. The van der Waals surface area contributed by atoms with E-state index in [4.69, 9.17) is 11.6 Å². The highest BCUT2D eigenvalue weighted by Gasteiger charge is 2.29. The van der Waals surface area contributed by atoms with Crippen molar-refractivity contribution < 1.29 is 0 Å². The van der Waals surface area contributed by atoms with E-state index in [1.54, 1.807) is 0 Å². The summed E-state index contributed by atoms with van der Waals surface area (Å²) in [6.07, 6.45) is 10.4. The van der Waals surface area contributed by atoms with Gasteiger partial charge in [-0.2, -0.15) is 5.10 Å². The Kier molecular flexibility index (Phi) is 3.41. The summed E-state index contributed by atoms with van der Waals surface area (Å²) in [5, 5.41) is 7.96. The first-order chi connectivity index (χ1) is 8.40. The smallest absolute Gasteiger partial charge is 0.0688 e. The Morgan fingerprint density at radius 3 is 2.35 bits per heavy atom. The molecule has 1 heterocycles. The standard InChI is InChI=1S/C14H21ClN2/c15-9-8-12-13(10-4-1-2-5-10)16-17-14(12)11-6-3-7-11/h10-11H,1-9H2,(H,16,17). The third kappa shape index (κ3) is 2.12. The van der Waals surface area contributed by atoms with Crippen LogP contribution in [0.15, 0.2) is 0 Å². The van der Waals surface area contributed by atoms with Gasteiger partial charge in [0.25, 0.3) is 0 Å². The van der Waals surface area contributed by atoms with Crippen molar-refractivity contribution in [1.82, 2.24) is 10.2 Å². The number of rotatable bonds is 4. The highest BCUT2D eigenvalue weighted by Crippen LogP contribution is 2.41. The number of alkyl halides is 1. The van der Waals surface area contributed by atoms with Crippen LogP contribution in [0.4, 0.5) is 0 Å². The average molecular weight is 253 g/mol. The van der Waals surface area contributed by atoms with Gasteiger partial charge in [0, 0.05) is 23.4 Å². The van der Waals surface area contributed by atoms with Crippen LogP contribution in [0.5, 0.6) is 0 Å². The minimum Gasteiger partial charge on any atom is -0.282 e. The number of aromatic amines is 1. The van der Waals surface area contributed by atoms with Gasteiger partial charge in [0.2, 0.25) is 0 Å². The Hall–Kier alpha value is -0.500. The molecule has 1 aromatic heterocycles. The van der Waals surface area contributed by atoms with Gasteiger partial charge in [0.05, 0.1) is 5.69 Å². The summed E-state index contributed by atoms with van der Waals surface area (Å²) in [6.45, 7) is 0. The molecule has 0 bridgehead atoms. The quantitative estimate of drug-likeness (QED) is 0.803. The van der Waals surface area contributed by atoms with Gasteiger partial charge >= 0.3 is 0 Å². The van der Waals surface area contributed by atoms with Crippen molar-refractivity contribution in [3.05, 3.63) is 17.0 Å². The van der Waals surface area contributed by atoms with E-state index in [2.05, 4.69) is 10.2 Å². The molecule has 2 aliphatic carbocycles. The fourth-order valence-corrected chi connectivity index (χ4v) is 3.51. The van der Waals surface area contributed by atoms with E-state index in [1.807, 2.05) is 0 Å². The van der Waals surface area contributed by atoms with Crippen molar-refractivity contribution in [3.63, 3.8) is 0 Å². The van der Waals surface area contributed by atoms with Gasteiger partial charge in [-0.25, -0.2) is 0 Å². The summed E-state index contributed by atoms with van der Waals surface area (Å²) in [7, 11) is 0. The highest BCUT2D eigenvalue weighted by atomic mass is 35.5. The Balaban J connectivity index is 1.88. The van der Waals surface area contributed by atoms with Crippen LogP contribution in [0, 0.1) is 0 Å². The zero-order valence-corrected chi connectivity index (χ0v) is 11.1. The predicted octanol–water partition coefficient (Wildman–Crippen LogP) is 4.12. The van der Waals surface area contributed by atoms with E-state index in [1.165, 1.54) is 61.9 Å². The number of hydrogen-bond donors (Lipinski definition) is 1. The van der Waals surface area contributed by atoms with Crippen LogP contribution in [0.2, 0.25) is 0 Å². The maximum atomic E-state index is 5.97. The second-order valence-electron chi connectivity index (χ2n) is 5.55. The number of nitrogens with zero attached hydrogens (tertiary/aromatic N) is 1. The van der Waals surface area contributed by atoms with Crippen LogP contribution in [-0.4, -0.2) is 16.1 Å². The number of halogens is 1. The molecular weight excluding hydrogens is 232 g/mol. The molecule has 2 fully saturated rings. The number of H-pyrrole nitrogens is 1. The van der Waals surface area contributed by atoms with Crippen molar-refractivity contribution in [2.24, 2.45) is 0 Å². The van der Waals surface area contributed by atoms with Crippen LogP contribution in [0.25, 0.3) is 0 Å². The summed E-state index contributed by atoms with van der Waals surface area (Å²) >= 11 is 5.97. The van der Waals surface area contributed by atoms with Gasteiger partial charge in [-0.1, -0.05) is 19.3 Å². The number of hydrogen-bond acceptors (Lipinski definition) is 1. The van der Waals surface area contributed by atoms with Gasteiger partial charge in [-0.15, -0.1) is 11.6 Å². The van der Waals surface area contributed by atoms with Gasteiger partial charge < -0.3 is 0 Å². The summed E-state index contributed by atoms with van der Waals surface area (Å²) in [4.78, 5) is 0. The Labute approximate surface area is 108 Å². The molecule has 0 saturated heterocycles. The molecule has 3 heteroatoms. The second-order valence-corrected chi connectivity index (χ2v) is 5.93. The first-order valence-corrected chi connectivity index (χ1v) is 7.56. The summed E-state index contributed by atoms with van der Waals surface area (Å²) in [5.74, 6) is 2.17. The molecule has 3 rings (SSSR count). The molecule has 17 heavy (non-hydrogen) atoms. The summed E-state index contributed by atoms with van der Waals surface area (Å²) < 4.78 is 0. The zero-order chi connectivity index (χ0) is 11.7. The highest BCUT2D eigenvalue weighted by molar-refractivity contribution is 6.18. The molecule has 0 amide bonds. The molecule has 0 spiro atoms. The average Bonchev–Trinajstić information content (AvgIpc) is 2.86. The van der Waals surface area contributed by atoms with Crippen LogP contribution >= 0.6 is 11.6 Å². The van der Waals surface area contributed by atoms with Crippen molar-refractivity contribution in [2.45, 2.75) is 63.2 Å². The van der Waals surface area contributed by atoms with Crippen molar-refractivity contribution in [1.29, 1.82) is 0 Å². The molecule has 2 nitrogen and oxygen atoms in total. The predicted molar refractivity (Wildman–Crippen MR) is 70.8 cm³/mol. The molecular formula is C14H21ClN2. The third-order valence-electron chi connectivity index (χ3n) is 4.53. The maximum absolute atomic E-state index is 5.97. The molecule has 1 aromatic rings. The first-order valence-electron chi connectivity index (χ1n) is 7.03. The van der Waals surface area contributed by atoms with Crippen molar-refractivity contribution in [2.75, 3.05) is 5.88 Å². The van der Waals surface area contributed by atoms with E-state index in [-0.39, 0.29) is 0 Å². The SMILES string of the molecule is ClCCc1c(C2CCC2)n[nH]c1C1CCCC1. The third-order valence-corrected chi connectivity index (χ3v) is 4.72. The fourth-order valence-electron chi connectivity index (χ4n) is 3.32. The van der Waals surface area contributed by atoms with Crippen molar-refractivity contribution in [3.8, 4) is 0 Å². The second kappa shape index (κ2) is 5.01. The largest absolute Gasteiger partial charge is 0.282 e. The van der Waals surface area contributed by atoms with Crippen LogP contribution in [-0.2, 0) is 6.42 Å². The molecule has 0 unspecified atom stereocenters. The van der Waals surface area contributed by atoms with Crippen molar-refractivity contribution >= 4 is 11.6 Å². The van der Waals surface area contributed by atoms with Gasteiger partial charge in [0.15, 0.2) is 0 Å². The Bertz CT molecular complexity index is 376. The van der Waals surface area contributed by atoms with Crippen LogP contribution in [0.1, 0.15) is 73.7 Å². The number of nitrogens with one attached hydrogen (secondary N) is 1. The minimum absolute atomic E-state index is 0.721. The topological polar surface area (TPSA) is 28.7 Å². The Morgan fingerprint density at radius 1 is 1.06 bits per heavy atom. The summed E-state index contributed by atoms with van der Waals surface area (Å²) in [6, 6.07) is 0. The molecule has 0 aliphatic heterocycles. The monoisotopic (exact) mass is 252 g/mol. The fraction of sp³-hybridized carbons (Fsp3) is 0.786. The van der Waals surface area contributed by atoms with Crippen LogP contribution < -0.4 is 0 Å². The molecule has 94 valence electrons. The van der Waals surface area contributed by atoms with Gasteiger partial charge in [-0.05, 0) is 37.7 Å². The van der Waals surface area contributed by atoms with E-state index in [0.717, 1.165) is 24.1 Å². The lowest BCUT2D eigenvalue weighted by Crippen LogP contribution is -2.12. The lowest BCUT2D eigenvalue weighted by atomic mass is 9.80. The van der Waals surface area contributed by atoms with Gasteiger partial charge in [-0.3, -0.25) is 5.10 Å². The molecule has 0 atom stereocenters. The van der Waals surface area contributed by atoms with E-state index < -0.39 is 0 Å². The minimum atomic E-state index is 0.721. The lowest BCUT2D eigenvalue weighted by Gasteiger charge is -2.24. The molecule has 2 saturated carbocycles. The van der Waals surface area contributed by atoms with E-state index in [0.29, 0.717) is 0 Å². The normalized spacial score (nSPS) is 21.9. The lowest BCUT2D eigenvalue weighted by molar-refractivity contribution is 0.408. The maximum Gasteiger partial charge on any atom is 0.0688 e. The Morgan fingerprint density at radius 2 is 1.76 bits per heavy atom. The van der Waals surface area contributed by atoms with E-state index >= 15 is 0 Å². The molecule has 2 aliphatic rings. The van der Waals surface area contributed by atoms with Crippen LogP contribution in [0.3, 0.4) is 0 Å². The molecule has 0 radical (unpaired) electrons. The zero-order valence-electron chi connectivity index (χ0n) is 10.3. The summed E-state index contributed by atoms with van der Waals surface area (Å²) in [5.41, 5.74) is 4.24. The number of aromatic nitrogens is 2. The first kappa shape index (κ1) is 11.6. The molecule has 1 N–H and O–H groups in total.